The minimum atomic E-state index is -0.0398. The number of hydrogen-bond donors (Lipinski definition) is 2. The molecule has 0 saturated heterocycles. The van der Waals surface area contributed by atoms with Crippen molar-refractivity contribution in [3.63, 3.8) is 0 Å². The van der Waals surface area contributed by atoms with Crippen LogP contribution in [0.4, 0.5) is 5.69 Å². The first-order valence-electron chi connectivity index (χ1n) is 7.31. The maximum Gasteiger partial charge on any atom is 0.251 e. The Morgan fingerprint density at radius 1 is 1.18 bits per heavy atom. The van der Waals surface area contributed by atoms with Gasteiger partial charge in [0.05, 0.1) is 0 Å². The van der Waals surface area contributed by atoms with E-state index >= 15 is 0 Å². The van der Waals surface area contributed by atoms with Crippen LogP contribution < -0.4 is 11.1 Å². The molecule has 4 heteroatoms. The van der Waals surface area contributed by atoms with Gasteiger partial charge in [-0.15, -0.1) is 12.4 Å². The molecule has 3 nitrogen and oxygen atoms in total. The van der Waals surface area contributed by atoms with Gasteiger partial charge in [0, 0.05) is 23.2 Å². The molecule has 0 unspecified atom stereocenters. The van der Waals surface area contributed by atoms with Crippen LogP contribution in [0.15, 0.2) is 48.5 Å². The summed E-state index contributed by atoms with van der Waals surface area (Å²) in [5.41, 5.74) is 9.45. The minimum absolute atomic E-state index is 0. The summed E-state index contributed by atoms with van der Waals surface area (Å²) in [6, 6.07) is 15.9. The number of nitrogens with one attached hydrogen (secondary N) is 1. The Hall–Kier alpha value is -2.00. The molecule has 0 aliphatic heterocycles. The topological polar surface area (TPSA) is 55.1 Å². The van der Waals surface area contributed by atoms with Crippen LogP contribution in [0.1, 0.15) is 34.3 Å². The van der Waals surface area contributed by atoms with Gasteiger partial charge in [-0.05, 0) is 43.0 Å². The molecule has 0 bridgehead atoms. The molecule has 3 N–H and O–H groups in total. The molecule has 1 aliphatic carbocycles. The van der Waals surface area contributed by atoms with Crippen molar-refractivity contribution in [1.82, 2.24) is 5.32 Å². The molecule has 1 fully saturated rings. The molecule has 1 amide bonds. The van der Waals surface area contributed by atoms with Gasteiger partial charge in [0.1, 0.15) is 0 Å². The summed E-state index contributed by atoms with van der Waals surface area (Å²) in [6.45, 7) is 2.61. The molecule has 1 aliphatic rings. The van der Waals surface area contributed by atoms with E-state index in [9.17, 15) is 4.79 Å². The van der Waals surface area contributed by atoms with Gasteiger partial charge in [0.15, 0.2) is 0 Å². The van der Waals surface area contributed by atoms with Crippen LogP contribution in [0.2, 0.25) is 0 Å². The third-order valence-electron chi connectivity index (χ3n) is 4.33. The quantitative estimate of drug-likeness (QED) is 0.849. The highest BCUT2D eigenvalue weighted by atomic mass is 35.5. The number of benzene rings is 2. The Morgan fingerprint density at radius 2 is 1.86 bits per heavy atom. The highest BCUT2D eigenvalue weighted by molar-refractivity contribution is 5.96. The van der Waals surface area contributed by atoms with E-state index in [1.54, 1.807) is 6.07 Å². The van der Waals surface area contributed by atoms with Crippen molar-refractivity contribution in [3.8, 4) is 0 Å². The van der Waals surface area contributed by atoms with Gasteiger partial charge in [0.2, 0.25) is 0 Å². The number of rotatable bonds is 4. The van der Waals surface area contributed by atoms with Crippen molar-refractivity contribution < 1.29 is 4.79 Å². The fourth-order valence-corrected chi connectivity index (χ4v) is 2.74. The van der Waals surface area contributed by atoms with Crippen molar-refractivity contribution in [2.75, 3.05) is 12.3 Å². The Labute approximate surface area is 137 Å². The van der Waals surface area contributed by atoms with Gasteiger partial charge in [-0.25, -0.2) is 0 Å². The Bertz CT molecular complexity index is 666. The fraction of sp³-hybridized carbons (Fsp3) is 0.278. The lowest BCUT2D eigenvalue weighted by molar-refractivity contribution is 0.0949. The van der Waals surface area contributed by atoms with E-state index in [0.29, 0.717) is 17.8 Å². The van der Waals surface area contributed by atoms with Gasteiger partial charge in [-0.1, -0.05) is 36.4 Å². The fourth-order valence-electron chi connectivity index (χ4n) is 2.74. The maximum atomic E-state index is 12.4. The number of aryl methyl sites for hydroxylation is 1. The number of amides is 1. The highest BCUT2D eigenvalue weighted by Crippen LogP contribution is 2.47. The molecular weight excluding hydrogens is 296 g/mol. The molecule has 0 heterocycles. The predicted octanol–water partition coefficient (Wildman–Crippen LogP) is 3.46. The van der Waals surface area contributed by atoms with Crippen molar-refractivity contribution in [3.05, 3.63) is 65.2 Å². The van der Waals surface area contributed by atoms with Gasteiger partial charge in [-0.3, -0.25) is 4.79 Å². The van der Waals surface area contributed by atoms with Crippen LogP contribution in [0.5, 0.6) is 0 Å². The van der Waals surface area contributed by atoms with Crippen molar-refractivity contribution >= 4 is 24.0 Å². The molecule has 0 atom stereocenters. The Morgan fingerprint density at radius 3 is 2.50 bits per heavy atom. The molecule has 2 aromatic rings. The molecule has 1 saturated carbocycles. The molecule has 3 rings (SSSR count). The van der Waals surface area contributed by atoms with Crippen molar-refractivity contribution in [2.24, 2.45) is 0 Å². The SMILES string of the molecule is Cc1ccc(N)cc1C(=O)NCC1(c2ccccc2)CC1.Cl. The summed E-state index contributed by atoms with van der Waals surface area (Å²) < 4.78 is 0. The predicted molar refractivity (Wildman–Crippen MR) is 92.5 cm³/mol. The van der Waals surface area contributed by atoms with Crippen LogP contribution in [0.25, 0.3) is 0 Å². The molecule has 2 aromatic carbocycles. The molecule has 0 aromatic heterocycles. The first-order chi connectivity index (χ1) is 10.1. The summed E-state index contributed by atoms with van der Waals surface area (Å²) in [7, 11) is 0. The van der Waals surface area contributed by atoms with Crippen LogP contribution in [0.3, 0.4) is 0 Å². The van der Waals surface area contributed by atoms with E-state index in [1.165, 1.54) is 5.56 Å². The number of nitrogens with two attached hydrogens (primary N) is 1. The van der Waals surface area contributed by atoms with E-state index in [2.05, 4.69) is 29.6 Å². The number of nitrogen functional groups attached to an aromatic ring is 1. The van der Waals surface area contributed by atoms with Crippen LogP contribution >= 0.6 is 12.4 Å². The van der Waals surface area contributed by atoms with Gasteiger partial charge in [0.25, 0.3) is 5.91 Å². The monoisotopic (exact) mass is 316 g/mol. The smallest absolute Gasteiger partial charge is 0.251 e. The van der Waals surface area contributed by atoms with Crippen molar-refractivity contribution in [1.29, 1.82) is 0 Å². The first kappa shape index (κ1) is 16.4. The standard InChI is InChI=1S/C18H20N2O.ClH/c1-13-7-8-15(19)11-16(13)17(21)20-12-18(9-10-18)14-5-3-2-4-6-14;/h2-8,11H,9-10,12,19H2,1H3,(H,20,21);1H. The van der Waals surface area contributed by atoms with E-state index in [-0.39, 0.29) is 23.7 Å². The summed E-state index contributed by atoms with van der Waals surface area (Å²) in [6.07, 6.45) is 2.26. The summed E-state index contributed by atoms with van der Waals surface area (Å²) in [5.74, 6) is -0.0398. The summed E-state index contributed by atoms with van der Waals surface area (Å²) in [5, 5.41) is 3.07. The number of halogens is 1. The van der Waals surface area contributed by atoms with Crippen LogP contribution in [0, 0.1) is 6.92 Å². The molecule has 0 radical (unpaired) electrons. The second-order valence-corrected chi connectivity index (χ2v) is 5.90. The molecule has 22 heavy (non-hydrogen) atoms. The highest BCUT2D eigenvalue weighted by Gasteiger charge is 2.44. The van der Waals surface area contributed by atoms with E-state index in [0.717, 1.165) is 18.4 Å². The summed E-state index contributed by atoms with van der Waals surface area (Å²) >= 11 is 0. The minimum Gasteiger partial charge on any atom is -0.399 e. The number of carbonyl (C=O) groups is 1. The summed E-state index contributed by atoms with van der Waals surface area (Å²) in [4.78, 5) is 12.4. The molecule has 116 valence electrons. The van der Waals surface area contributed by atoms with Gasteiger partial charge < -0.3 is 11.1 Å². The number of anilines is 1. The average Bonchev–Trinajstić information content (AvgIpc) is 3.29. The lowest BCUT2D eigenvalue weighted by Gasteiger charge is -2.17. The Balaban J connectivity index is 0.00000176. The third kappa shape index (κ3) is 3.25. The van der Waals surface area contributed by atoms with E-state index in [4.69, 9.17) is 5.73 Å². The second kappa shape index (κ2) is 6.41. The van der Waals surface area contributed by atoms with Crippen LogP contribution in [-0.2, 0) is 5.41 Å². The van der Waals surface area contributed by atoms with Crippen LogP contribution in [-0.4, -0.2) is 12.5 Å². The zero-order valence-corrected chi connectivity index (χ0v) is 13.5. The van der Waals surface area contributed by atoms with E-state index < -0.39 is 0 Å². The maximum absolute atomic E-state index is 12.4. The largest absolute Gasteiger partial charge is 0.399 e. The number of hydrogen-bond acceptors (Lipinski definition) is 2. The molecular formula is C18H21ClN2O. The average molecular weight is 317 g/mol. The van der Waals surface area contributed by atoms with Gasteiger partial charge >= 0.3 is 0 Å². The van der Waals surface area contributed by atoms with Gasteiger partial charge in [-0.2, -0.15) is 0 Å². The lowest BCUT2D eigenvalue weighted by atomic mass is 9.96. The zero-order chi connectivity index (χ0) is 14.9. The van der Waals surface area contributed by atoms with Crippen molar-refractivity contribution in [2.45, 2.75) is 25.2 Å². The molecule has 0 spiro atoms. The first-order valence-corrected chi connectivity index (χ1v) is 7.31. The Kier molecular flexibility index (Phi) is 4.77. The van der Waals surface area contributed by atoms with E-state index in [1.807, 2.05) is 25.1 Å². The lowest BCUT2D eigenvalue weighted by Crippen LogP contribution is -2.32. The normalized spacial score (nSPS) is 14.8. The second-order valence-electron chi connectivity index (χ2n) is 5.90. The zero-order valence-electron chi connectivity index (χ0n) is 12.6. The number of carbonyl (C=O) groups excluding carboxylic acids is 1. The third-order valence-corrected chi connectivity index (χ3v) is 4.33.